The average Bonchev–Trinajstić information content (AvgIpc) is 2.99. The van der Waals surface area contributed by atoms with Crippen molar-refractivity contribution in [2.24, 2.45) is 0 Å². The topological polar surface area (TPSA) is 34.2 Å². The van der Waals surface area contributed by atoms with Gasteiger partial charge in [0, 0.05) is 11.9 Å². The Kier molecular flexibility index (Phi) is 5.01. The summed E-state index contributed by atoms with van der Waals surface area (Å²) in [5.74, 6) is 0. The Morgan fingerprint density at radius 3 is 3.19 bits per heavy atom. The first-order valence-electron chi connectivity index (χ1n) is 7.70. The Balaban J connectivity index is 1.59. The fourth-order valence-electron chi connectivity index (χ4n) is 2.80. The maximum Gasteiger partial charge on any atom is 0.107 e. The molecule has 1 N–H and O–H groups in total. The molecule has 0 spiro atoms. The summed E-state index contributed by atoms with van der Waals surface area (Å²) in [4.78, 5) is 4.62. The van der Waals surface area contributed by atoms with Crippen LogP contribution in [0, 0.1) is 0 Å². The van der Waals surface area contributed by atoms with Crippen molar-refractivity contribution in [3.8, 4) is 0 Å². The number of benzene rings is 1. The molecule has 3 rings (SSSR count). The first-order valence-corrected chi connectivity index (χ1v) is 8.58. The van der Waals surface area contributed by atoms with Crippen LogP contribution in [-0.4, -0.2) is 11.5 Å². The summed E-state index contributed by atoms with van der Waals surface area (Å²) in [7, 11) is 0. The van der Waals surface area contributed by atoms with Gasteiger partial charge in [-0.25, -0.2) is 4.98 Å². The van der Waals surface area contributed by atoms with Crippen LogP contribution in [0.4, 0.5) is 0 Å². The van der Waals surface area contributed by atoms with E-state index in [1.165, 1.54) is 24.0 Å². The molecule has 1 unspecified atom stereocenters. The molecule has 0 radical (unpaired) electrons. The maximum absolute atomic E-state index is 6.14. The van der Waals surface area contributed by atoms with E-state index in [4.69, 9.17) is 4.74 Å². The van der Waals surface area contributed by atoms with Gasteiger partial charge in [-0.2, -0.15) is 0 Å². The molecule has 1 aromatic carbocycles. The zero-order chi connectivity index (χ0) is 14.5. The number of aryl methyl sites for hydroxylation is 1. The first kappa shape index (κ1) is 14.7. The SMILES string of the molecule is CCNCc1nc(COC2CCCc3ccccc32)cs1. The molecule has 2 aromatic rings. The summed E-state index contributed by atoms with van der Waals surface area (Å²) in [6.45, 7) is 4.55. The molecule has 1 atom stereocenters. The standard InChI is InChI=1S/C17H22N2OS/c1-2-18-10-17-19-14(12-21-17)11-20-16-9-5-7-13-6-3-4-8-15(13)16/h3-4,6,8,12,16,18H,2,5,7,9-11H2,1H3. The molecular formula is C17H22N2OS. The number of nitrogens with one attached hydrogen (secondary N) is 1. The minimum atomic E-state index is 0.230. The van der Waals surface area contributed by atoms with Crippen LogP contribution in [0.15, 0.2) is 29.6 Å². The highest BCUT2D eigenvalue weighted by atomic mass is 32.1. The molecule has 4 heteroatoms. The Morgan fingerprint density at radius 2 is 2.29 bits per heavy atom. The van der Waals surface area contributed by atoms with E-state index in [9.17, 15) is 0 Å². The Hall–Kier alpha value is -1.23. The second-order valence-corrected chi connectivity index (χ2v) is 6.35. The van der Waals surface area contributed by atoms with Crippen LogP contribution in [0.25, 0.3) is 0 Å². The highest BCUT2D eigenvalue weighted by molar-refractivity contribution is 7.09. The van der Waals surface area contributed by atoms with Gasteiger partial charge in [0.15, 0.2) is 0 Å². The van der Waals surface area contributed by atoms with Gasteiger partial charge < -0.3 is 10.1 Å². The van der Waals surface area contributed by atoms with Gasteiger partial charge in [0.25, 0.3) is 0 Å². The van der Waals surface area contributed by atoms with Crippen LogP contribution in [-0.2, 0) is 24.3 Å². The van der Waals surface area contributed by atoms with E-state index >= 15 is 0 Å². The lowest BCUT2D eigenvalue weighted by Gasteiger charge is -2.25. The number of aromatic nitrogens is 1. The lowest BCUT2D eigenvalue weighted by Crippen LogP contribution is -2.13. The fraction of sp³-hybridized carbons (Fsp3) is 0.471. The van der Waals surface area contributed by atoms with Crippen LogP contribution >= 0.6 is 11.3 Å². The lowest BCUT2D eigenvalue weighted by atomic mass is 9.89. The molecule has 112 valence electrons. The van der Waals surface area contributed by atoms with Crippen LogP contribution in [0.1, 0.15) is 47.7 Å². The van der Waals surface area contributed by atoms with Crippen LogP contribution in [0.5, 0.6) is 0 Å². The first-order chi connectivity index (χ1) is 10.4. The number of nitrogens with zero attached hydrogens (tertiary/aromatic N) is 1. The summed E-state index contributed by atoms with van der Waals surface area (Å²) < 4.78 is 6.14. The van der Waals surface area contributed by atoms with Gasteiger partial charge in [-0.05, 0) is 36.9 Å². The van der Waals surface area contributed by atoms with E-state index in [1.807, 2.05) is 0 Å². The van der Waals surface area contributed by atoms with Crippen molar-refractivity contribution in [2.75, 3.05) is 6.54 Å². The number of ether oxygens (including phenoxy) is 1. The van der Waals surface area contributed by atoms with E-state index in [2.05, 4.69) is 46.9 Å². The number of hydrogen-bond acceptors (Lipinski definition) is 4. The predicted octanol–water partition coefficient (Wildman–Crippen LogP) is 3.85. The van der Waals surface area contributed by atoms with Gasteiger partial charge in [0.05, 0.1) is 18.4 Å². The predicted molar refractivity (Wildman–Crippen MR) is 86.4 cm³/mol. The molecule has 1 aliphatic carbocycles. The van der Waals surface area contributed by atoms with Gasteiger partial charge in [-0.3, -0.25) is 0 Å². The molecule has 0 aliphatic heterocycles. The third kappa shape index (κ3) is 3.70. The van der Waals surface area contributed by atoms with Gasteiger partial charge >= 0.3 is 0 Å². The summed E-state index contributed by atoms with van der Waals surface area (Å²) in [6.07, 6.45) is 3.74. The van der Waals surface area contributed by atoms with E-state index < -0.39 is 0 Å². The lowest BCUT2D eigenvalue weighted by molar-refractivity contribution is 0.0267. The van der Waals surface area contributed by atoms with Crippen molar-refractivity contribution in [3.63, 3.8) is 0 Å². The van der Waals surface area contributed by atoms with Crippen LogP contribution in [0.2, 0.25) is 0 Å². The third-order valence-electron chi connectivity index (χ3n) is 3.87. The second-order valence-electron chi connectivity index (χ2n) is 5.40. The minimum Gasteiger partial charge on any atom is -0.367 e. The molecule has 0 saturated heterocycles. The quantitative estimate of drug-likeness (QED) is 0.880. The number of rotatable bonds is 6. The van der Waals surface area contributed by atoms with Crippen LogP contribution in [0.3, 0.4) is 0 Å². The molecular weight excluding hydrogens is 280 g/mol. The Morgan fingerprint density at radius 1 is 1.38 bits per heavy atom. The molecule has 21 heavy (non-hydrogen) atoms. The molecule has 0 saturated carbocycles. The fourth-order valence-corrected chi connectivity index (χ4v) is 3.54. The molecule has 1 aromatic heterocycles. The highest BCUT2D eigenvalue weighted by Gasteiger charge is 2.20. The van der Waals surface area contributed by atoms with Gasteiger partial charge in [-0.15, -0.1) is 11.3 Å². The highest BCUT2D eigenvalue weighted by Crippen LogP contribution is 2.32. The Labute approximate surface area is 130 Å². The van der Waals surface area contributed by atoms with Crippen molar-refractivity contribution in [2.45, 2.75) is 45.4 Å². The zero-order valence-electron chi connectivity index (χ0n) is 12.5. The number of fused-ring (bicyclic) bond motifs is 1. The summed E-state index contributed by atoms with van der Waals surface area (Å²) >= 11 is 1.71. The van der Waals surface area contributed by atoms with Crippen molar-refractivity contribution in [1.82, 2.24) is 10.3 Å². The van der Waals surface area contributed by atoms with Gasteiger partial charge in [-0.1, -0.05) is 31.2 Å². The largest absolute Gasteiger partial charge is 0.367 e. The van der Waals surface area contributed by atoms with Crippen LogP contribution < -0.4 is 5.32 Å². The van der Waals surface area contributed by atoms with Crippen molar-refractivity contribution in [3.05, 3.63) is 51.5 Å². The normalized spacial score (nSPS) is 17.7. The summed E-state index contributed by atoms with van der Waals surface area (Å²) in [6, 6.07) is 8.66. The molecule has 0 bridgehead atoms. The van der Waals surface area contributed by atoms with E-state index in [0.29, 0.717) is 6.61 Å². The summed E-state index contributed by atoms with van der Waals surface area (Å²) in [5.41, 5.74) is 3.86. The Bertz CT molecular complexity index is 582. The van der Waals surface area contributed by atoms with Gasteiger partial charge in [0.1, 0.15) is 5.01 Å². The minimum absolute atomic E-state index is 0.230. The van der Waals surface area contributed by atoms with E-state index in [0.717, 1.165) is 30.2 Å². The molecule has 1 heterocycles. The van der Waals surface area contributed by atoms with Gasteiger partial charge in [0.2, 0.25) is 0 Å². The molecule has 0 amide bonds. The molecule has 3 nitrogen and oxygen atoms in total. The number of thiazole rings is 1. The van der Waals surface area contributed by atoms with Crippen molar-refractivity contribution >= 4 is 11.3 Å². The molecule has 0 fully saturated rings. The average molecular weight is 302 g/mol. The maximum atomic E-state index is 6.14. The van der Waals surface area contributed by atoms with Crippen molar-refractivity contribution < 1.29 is 4.74 Å². The summed E-state index contributed by atoms with van der Waals surface area (Å²) in [5, 5.41) is 6.55. The number of hydrogen-bond donors (Lipinski definition) is 1. The molecule has 1 aliphatic rings. The smallest absolute Gasteiger partial charge is 0.107 e. The second kappa shape index (κ2) is 7.16. The third-order valence-corrected chi connectivity index (χ3v) is 4.77. The monoisotopic (exact) mass is 302 g/mol. The zero-order valence-corrected chi connectivity index (χ0v) is 13.3. The van der Waals surface area contributed by atoms with E-state index in [1.54, 1.807) is 11.3 Å². The van der Waals surface area contributed by atoms with Crippen molar-refractivity contribution in [1.29, 1.82) is 0 Å². The van der Waals surface area contributed by atoms with E-state index in [-0.39, 0.29) is 6.10 Å².